The molecule has 0 radical (unpaired) electrons. The second-order valence-electron chi connectivity index (χ2n) is 8.13. The average Bonchev–Trinajstić information content (AvgIpc) is 2.84. The number of amides is 2. The first kappa shape index (κ1) is 26.5. The molecule has 3 aromatic carbocycles. The minimum absolute atomic E-state index is 0.0753. The van der Waals surface area contributed by atoms with Crippen molar-refractivity contribution < 1.29 is 19.1 Å². The number of nitrogens with zero attached hydrogens (tertiary/aromatic N) is 1. The van der Waals surface area contributed by atoms with E-state index in [4.69, 9.17) is 9.47 Å². The second kappa shape index (κ2) is 12.0. The van der Waals surface area contributed by atoms with Crippen LogP contribution in [0.2, 0.25) is 0 Å². The molecule has 0 aliphatic rings. The number of anilines is 2. The molecule has 36 heavy (non-hydrogen) atoms. The standard InChI is InChI=1S/C28H26BrN3O4/c1-17-9-10-24(19(3)11-17)31-26(33)16-36-27-22(29)13-20(14-25(27)35-4)12-21(15-30)28(34)32-23-8-6-5-7-18(23)2/h5-14H,16H2,1-4H3,(H,31,33)(H,32,34)/b21-12-. The van der Waals surface area contributed by atoms with Gasteiger partial charge in [0.2, 0.25) is 0 Å². The summed E-state index contributed by atoms with van der Waals surface area (Å²) in [6, 6.07) is 18.3. The van der Waals surface area contributed by atoms with Crippen molar-refractivity contribution in [3.05, 3.63) is 86.9 Å². The number of carbonyl (C=O) groups is 2. The number of ether oxygens (including phenoxy) is 2. The van der Waals surface area contributed by atoms with Gasteiger partial charge in [-0.3, -0.25) is 9.59 Å². The molecule has 2 amide bonds. The molecule has 3 aromatic rings. The van der Waals surface area contributed by atoms with Crippen molar-refractivity contribution in [2.75, 3.05) is 24.4 Å². The Morgan fingerprint density at radius 2 is 1.72 bits per heavy atom. The summed E-state index contributed by atoms with van der Waals surface area (Å²) in [5.41, 5.74) is 4.76. The number of benzene rings is 3. The zero-order valence-corrected chi connectivity index (χ0v) is 22.0. The molecule has 0 aliphatic heterocycles. The maximum atomic E-state index is 12.7. The van der Waals surface area contributed by atoms with E-state index in [9.17, 15) is 14.9 Å². The zero-order valence-electron chi connectivity index (χ0n) is 20.4. The van der Waals surface area contributed by atoms with Crippen LogP contribution < -0.4 is 20.1 Å². The monoisotopic (exact) mass is 547 g/mol. The van der Waals surface area contributed by atoms with E-state index >= 15 is 0 Å². The predicted octanol–water partition coefficient (Wildman–Crippen LogP) is 5.95. The van der Waals surface area contributed by atoms with Crippen LogP contribution in [-0.2, 0) is 9.59 Å². The van der Waals surface area contributed by atoms with Crippen LogP contribution >= 0.6 is 15.9 Å². The fourth-order valence-electron chi connectivity index (χ4n) is 3.46. The van der Waals surface area contributed by atoms with E-state index in [1.165, 1.54) is 13.2 Å². The van der Waals surface area contributed by atoms with Crippen molar-refractivity contribution in [3.8, 4) is 17.6 Å². The maximum absolute atomic E-state index is 12.7. The third-order valence-electron chi connectivity index (χ3n) is 5.32. The van der Waals surface area contributed by atoms with E-state index in [1.54, 1.807) is 24.3 Å². The molecule has 3 rings (SSSR count). The van der Waals surface area contributed by atoms with Gasteiger partial charge in [-0.1, -0.05) is 35.9 Å². The van der Waals surface area contributed by atoms with Gasteiger partial charge < -0.3 is 20.1 Å². The maximum Gasteiger partial charge on any atom is 0.266 e. The largest absolute Gasteiger partial charge is 0.493 e. The number of nitriles is 1. The van der Waals surface area contributed by atoms with Crippen LogP contribution in [0.3, 0.4) is 0 Å². The summed E-state index contributed by atoms with van der Waals surface area (Å²) < 4.78 is 11.7. The number of nitrogens with one attached hydrogen (secondary N) is 2. The molecule has 0 heterocycles. The Kier molecular flexibility index (Phi) is 8.87. The fourth-order valence-corrected chi connectivity index (χ4v) is 4.03. The molecule has 0 fully saturated rings. The topological polar surface area (TPSA) is 100 Å². The Morgan fingerprint density at radius 1 is 1.00 bits per heavy atom. The first-order valence-corrected chi connectivity index (χ1v) is 11.9. The van der Waals surface area contributed by atoms with E-state index < -0.39 is 5.91 Å². The molecule has 7 nitrogen and oxygen atoms in total. The highest BCUT2D eigenvalue weighted by molar-refractivity contribution is 9.10. The lowest BCUT2D eigenvalue weighted by atomic mass is 10.1. The number of rotatable bonds is 8. The molecule has 0 atom stereocenters. The van der Waals surface area contributed by atoms with Gasteiger partial charge in [0.1, 0.15) is 11.6 Å². The highest BCUT2D eigenvalue weighted by Gasteiger charge is 2.16. The number of hydrogen-bond donors (Lipinski definition) is 2. The number of halogens is 1. The van der Waals surface area contributed by atoms with Gasteiger partial charge in [-0.25, -0.2) is 0 Å². The Hall–Kier alpha value is -4.09. The number of carbonyl (C=O) groups excluding carboxylic acids is 2. The van der Waals surface area contributed by atoms with Crippen LogP contribution in [-0.4, -0.2) is 25.5 Å². The molecule has 0 spiro atoms. The fraction of sp³-hybridized carbons (Fsp3) is 0.179. The summed E-state index contributed by atoms with van der Waals surface area (Å²) in [6.07, 6.45) is 1.46. The highest BCUT2D eigenvalue weighted by atomic mass is 79.9. The van der Waals surface area contributed by atoms with Crippen molar-refractivity contribution in [1.29, 1.82) is 5.26 Å². The van der Waals surface area contributed by atoms with Crippen LogP contribution in [0.5, 0.6) is 11.5 Å². The van der Waals surface area contributed by atoms with Gasteiger partial charge in [0.25, 0.3) is 11.8 Å². The first-order valence-electron chi connectivity index (χ1n) is 11.1. The van der Waals surface area contributed by atoms with Crippen LogP contribution in [0.1, 0.15) is 22.3 Å². The molecule has 8 heteroatoms. The molecular weight excluding hydrogens is 522 g/mol. The second-order valence-corrected chi connectivity index (χ2v) is 8.98. The van der Waals surface area contributed by atoms with Crippen molar-refractivity contribution in [2.24, 2.45) is 0 Å². The number of hydrogen-bond acceptors (Lipinski definition) is 5. The van der Waals surface area contributed by atoms with Gasteiger partial charge in [0.05, 0.1) is 11.6 Å². The quantitative estimate of drug-likeness (QED) is 0.268. The molecule has 0 aromatic heterocycles. The first-order chi connectivity index (χ1) is 17.2. The van der Waals surface area contributed by atoms with Gasteiger partial charge in [0, 0.05) is 11.4 Å². The van der Waals surface area contributed by atoms with Crippen molar-refractivity contribution in [2.45, 2.75) is 20.8 Å². The summed E-state index contributed by atoms with van der Waals surface area (Å²) in [5, 5.41) is 15.2. The van der Waals surface area contributed by atoms with E-state index in [1.807, 2.05) is 57.2 Å². The van der Waals surface area contributed by atoms with Gasteiger partial charge in [-0.05, 0) is 83.7 Å². The Bertz CT molecular complexity index is 1380. The smallest absolute Gasteiger partial charge is 0.266 e. The molecular formula is C28H26BrN3O4. The number of aryl methyl sites for hydroxylation is 3. The minimum atomic E-state index is -0.523. The number of methoxy groups -OCH3 is 1. The van der Waals surface area contributed by atoms with E-state index in [2.05, 4.69) is 26.6 Å². The van der Waals surface area contributed by atoms with Gasteiger partial charge >= 0.3 is 0 Å². The molecule has 2 N–H and O–H groups in total. The highest BCUT2D eigenvalue weighted by Crippen LogP contribution is 2.37. The molecule has 184 valence electrons. The summed E-state index contributed by atoms with van der Waals surface area (Å²) in [7, 11) is 1.47. The minimum Gasteiger partial charge on any atom is -0.493 e. The lowest BCUT2D eigenvalue weighted by molar-refractivity contribution is -0.118. The van der Waals surface area contributed by atoms with Crippen molar-refractivity contribution >= 4 is 45.2 Å². The zero-order chi connectivity index (χ0) is 26.2. The third kappa shape index (κ3) is 6.74. The predicted molar refractivity (Wildman–Crippen MR) is 144 cm³/mol. The van der Waals surface area contributed by atoms with Crippen LogP contribution in [0, 0.1) is 32.1 Å². The van der Waals surface area contributed by atoms with Crippen LogP contribution in [0.4, 0.5) is 11.4 Å². The molecule has 0 bridgehead atoms. The van der Waals surface area contributed by atoms with Crippen molar-refractivity contribution in [3.63, 3.8) is 0 Å². The third-order valence-corrected chi connectivity index (χ3v) is 5.91. The van der Waals surface area contributed by atoms with Crippen molar-refractivity contribution in [1.82, 2.24) is 0 Å². The normalized spacial score (nSPS) is 10.8. The summed E-state index contributed by atoms with van der Waals surface area (Å²) in [5.74, 6) is -0.176. The number of para-hydroxylation sites is 1. The lowest BCUT2D eigenvalue weighted by Gasteiger charge is -2.14. The summed E-state index contributed by atoms with van der Waals surface area (Å²) in [6.45, 7) is 5.54. The van der Waals surface area contributed by atoms with E-state index in [0.717, 1.165) is 16.7 Å². The molecule has 0 unspecified atom stereocenters. The SMILES string of the molecule is COc1cc(/C=C(/C#N)C(=O)Nc2ccccc2C)cc(Br)c1OCC(=O)Nc1ccc(C)cc1C. The van der Waals surface area contributed by atoms with Crippen LogP contribution in [0.25, 0.3) is 6.08 Å². The Labute approximate surface area is 218 Å². The average molecular weight is 548 g/mol. The van der Waals surface area contributed by atoms with Gasteiger partial charge in [-0.15, -0.1) is 0 Å². The van der Waals surface area contributed by atoms with Gasteiger partial charge in [0.15, 0.2) is 18.1 Å². The van der Waals surface area contributed by atoms with E-state index in [0.29, 0.717) is 32.9 Å². The van der Waals surface area contributed by atoms with Gasteiger partial charge in [-0.2, -0.15) is 5.26 Å². The summed E-state index contributed by atoms with van der Waals surface area (Å²) >= 11 is 3.44. The lowest BCUT2D eigenvalue weighted by Crippen LogP contribution is -2.21. The summed E-state index contributed by atoms with van der Waals surface area (Å²) in [4.78, 5) is 25.1. The van der Waals surface area contributed by atoms with E-state index in [-0.39, 0.29) is 18.1 Å². The Morgan fingerprint density at radius 3 is 2.39 bits per heavy atom. The Balaban J connectivity index is 1.75. The molecule has 0 saturated carbocycles. The molecule has 0 saturated heterocycles. The molecule has 0 aliphatic carbocycles. The van der Waals surface area contributed by atoms with Crippen LogP contribution in [0.15, 0.2) is 64.6 Å².